The molecule has 5 fully saturated rings. The van der Waals surface area contributed by atoms with Gasteiger partial charge in [-0.15, -0.1) is 0 Å². The summed E-state index contributed by atoms with van der Waals surface area (Å²) in [7, 11) is 2.03. The van der Waals surface area contributed by atoms with Crippen LogP contribution in [0, 0.1) is 33.0 Å². The molecule has 0 aromatic carbocycles. The van der Waals surface area contributed by atoms with E-state index >= 15 is 0 Å². The smallest absolute Gasteiger partial charge is 0.316 e. The number of fused-ring (bicyclic) bond motifs is 1. The predicted octanol–water partition coefficient (Wildman–Crippen LogP) is 3.19. The fraction of sp³-hybridized carbons (Fsp3) is 0.850. The Morgan fingerprint density at radius 1 is 0.774 bits per heavy atom. The summed E-state index contributed by atoms with van der Waals surface area (Å²) in [6.45, 7) is 22.1. The second-order valence-corrected chi connectivity index (χ2v) is 20.4. The highest BCUT2D eigenvalue weighted by atomic mass is 16.2. The Morgan fingerprint density at radius 3 is 1.77 bits per heavy atom. The van der Waals surface area contributed by atoms with Gasteiger partial charge in [-0.1, -0.05) is 81.1 Å². The van der Waals surface area contributed by atoms with Crippen molar-refractivity contribution in [2.75, 3.05) is 33.2 Å². The number of nitrogens with one attached hydrogen (secondary N) is 3. The van der Waals surface area contributed by atoms with Gasteiger partial charge in [0.25, 0.3) is 5.91 Å². The van der Waals surface area contributed by atoms with Gasteiger partial charge in [0.05, 0.1) is 11.6 Å². The second-order valence-electron chi connectivity index (χ2n) is 20.4. The Balaban J connectivity index is 1.40. The number of likely N-dealkylation sites (N-methyl/N-ethyl adjacent to an activating group) is 1. The molecular weight excluding hydrogens is 674 g/mol. The number of Topliss-reactive ketones (excluding diaryl/α,β-unsaturated/α-hetero) is 1. The molecule has 3 aliphatic carbocycles. The van der Waals surface area contributed by atoms with Crippen LogP contribution in [-0.2, 0) is 24.0 Å². The number of rotatable bonds is 10. The fourth-order valence-corrected chi connectivity index (χ4v) is 10.5. The maximum Gasteiger partial charge on any atom is 0.316 e. The van der Waals surface area contributed by atoms with E-state index in [2.05, 4.69) is 34.7 Å². The normalized spacial score (nSPS) is 27.9. The maximum atomic E-state index is 14.9. The lowest BCUT2D eigenvalue weighted by Gasteiger charge is -2.48. The van der Waals surface area contributed by atoms with Gasteiger partial charge in [0.15, 0.2) is 0 Å². The van der Waals surface area contributed by atoms with Gasteiger partial charge in [-0.25, -0.2) is 4.79 Å². The van der Waals surface area contributed by atoms with Gasteiger partial charge in [-0.3, -0.25) is 24.0 Å². The fourth-order valence-electron chi connectivity index (χ4n) is 10.5. The minimum atomic E-state index is -1.09. The zero-order valence-corrected chi connectivity index (χ0v) is 34.2. The van der Waals surface area contributed by atoms with Crippen LogP contribution in [-0.4, -0.2) is 113 Å². The van der Waals surface area contributed by atoms with Crippen molar-refractivity contribution in [3.05, 3.63) is 0 Å². The molecule has 0 bridgehead atoms. The van der Waals surface area contributed by atoms with E-state index in [0.717, 1.165) is 45.1 Å². The summed E-state index contributed by atoms with van der Waals surface area (Å²) < 4.78 is 0. The second kappa shape index (κ2) is 13.8. The molecule has 2 saturated heterocycles. The molecule has 0 aromatic heterocycles. The van der Waals surface area contributed by atoms with E-state index in [0.29, 0.717) is 32.5 Å². The van der Waals surface area contributed by atoms with Gasteiger partial charge < -0.3 is 36.4 Å². The lowest BCUT2D eigenvalue weighted by Crippen LogP contribution is -2.67. The molecule has 298 valence electrons. The predicted molar refractivity (Wildman–Crippen MR) is 202 cm³/mol. The highest BCUT2D eigenvalue weighted by Gasteiger charge is 2.85. The first kappa shape index (κ1) is 41.0. The van der Waals surface area contributed by atoms with E-state index < -0.39 is 70.1 Å². The lowest BCUT2D eigenvalue weighted by molar-refractivity contribution is -0.144. The molecule has 3 saturated carbocycles. The van der Waals surface area contributed by atoms with Crippen LogP contribution < -0.4 is 21.7 Å². The van der Waals surface area contributed by atoms with Gasteiger partial charge >= 0.3 is 6.03 Å². The number of nitrogens with zero attached hydrogens (tertiary/aromatic N) is 3. The van der Waals surface area contributed by atoms with E-state index in [-0.39, 0.29) is 28.1 Å². The van der Waals surface area contributed by atoms with Crippen molar-refractivity contribution in [1.82, 2.24) is 30.7 Å². The minimum Gasteiger partial charge on any atom is -0.363 e. The number of carbonyl (C=O) groups excluding carboxylic acids is 6. The Morgan fingerprint density at radius 2 is 1.34 bits per heavy atom. The van der Waals surface area contributed by atoms with Crippen LogP contribution in [0.1, 0.15) is 121 Å². The van der Waals surface area contributed by atoms with Crippen molar-refractivity contribution in [1.29, 1.82) is 0 Å². The number of carbonyl (C=O) groups is 6. The molecule has 5 rings (SSSR count). The highest BCUT2D eigenvalue weighted by Crippen LogP contribution is 2.88. The molecule has 6 amide bonds. The summed E-state index contributed by atoms with van der Waals surface area (Å²) in [5.41, 5.74) is 3.19. The quantitative estimate of drug-likeness (QED) is 0.249. The van der Waals surface area contributed by atoms with E-state index in [1.807, 2.05) is 67.3 Å². The summed E-state index contributed by atoms with van der Waals surface area (Å²) in [6, 6.07) is -4.49. The molecule has 5 N–H and O–H groups in total. The van der Waals surface area contributed by atoms with Crippen molar-refractivity contribution < 1.29 is 28.8 Å². The molecule has 0 radical (unpaired) electrons. The molecule has 13 heteroatoms. The van der Waals surface area contributed by atoms with E-state index in [1.165, 1.54) is 0 Å². The minimum absolute atomic E-state index is 0.0152. The molecule has 5 aliphatic rings. The lowest BCUT2D eigenvalue weighted by atomic mass is 9.73. The Bertz CT molecular complexity index is 1500. The van der Waals surface area contributed by atoms with Crippen LogP contribution in [0.25, 0.3) is 0 Å². The summed E-state index contributed by atoms with van der Waals surface area (Å²) in [4.78, 5) is 88.0. The number of nitrogens with two attached hydrogens (primary N) is 1. The standard InChI is InChI=1S/C40H67N7O6/c1-35(2,3)28(43-34(53)44-29(36(4,5)6)33(52)47-19-18-45(11)22-37(47,7)8)32(51)46-23-40(38(9,10)39(40)16-13-17-39)21-26(46)31(50)42-25(27(48)30(41)49)20-24-14-12-15-24/h24-26,28-29H,12-23H2,1-11H3,(H2,41,49)(H,42,50)(H2,43,44,53)/t25?,26-,28+,29+,40+/m0/s1. The number of urea groups is 1. The maximum absolute atomic E-state index is 14.9. The van der Waals surface area contributed by atoms with E-state index in [1.54, 1.807) is 4.90 Å². The first-order valence-electron chi connectivity index (χ1n) is 19.8. The molecule has 1 unspecified atom stereocenters. The summed E-state index contributed by atoms with van der Waals surface area (Å²) in [5.74, 6) is -2.74. The number of likely N-dealkylation sites (tertiary alicyclic amines) is 1. The third-order valence-corrected chi connectivity index (χ3v) is 14.2. The van der Waals surface area contributed by atoms with Crippen molar-refractivity contribution in [2.24, 2.45) is 38.7 Å². The van der Waals surface area contributed by atoms with Gasteiger partial charge in [-0.2, -0.15) is 0 Å². The molecule has 0 aromatic rings. The zero-order valence-electron chi connectivity index (χ0n) is 34.2. The molecule has 53 heavy (non-hydrogen) atoms. The summed E-state index contributed by atoms with van der Waals surface area (Å²) >= 11 is 0. The monoisotopic (exact) mass is 742 g/mol. The number of hydrogen-bond donors (Lipinski definition) is 4. The van der Waals surface area contributed by atoms with Crippen LogP contribution in [0.3, 0.4) is 0 Å². The van der Waals surface area contributed by atoms with Gasteiger partial charge in [0, 0.05) is 31.6 Å². The third-order valence-electron chi connectivity index (χ3n) is 14.2. The number of primary amides is 1. The third kappa shape index (κ3) is 7.20. The number of ketones is 1. The molecule has 2 spiro atoms. The van der Waals surface area contributed by atoms with Gasteiger partial charge in [-0.05, 0) is 74.2 Å². The zero-order chi connectivity index (χ0) is 39.7. The number of piperazine rings is 1. The van der Waals surface area contributed by atoms with Crippen LogP contribution in [0.5, 0.6) is 0 Å². The van der Waals surface area contributed by atoms with E-state index in [9.17, 15) is 28.8 Å². The van der Waals surface area contributed by atoms with Crippen molar-refractivity contribution in [3.8, 4) is 0 Å². The molecule has 5 atom stereocenters. The average Bonchev–Trinajstić information content (AvgIpc) is 3.20. The van der Waals surface area contributed by atoms with Crippen molar-refractivity contribution in [3.63, 3.8) is 0 Å². The summed E-state index contributed by atoms with van der Waals surface area (Å²) in [5, 5.41) is 8.76. The van der Waals surface area contributed by atoms with Gasteiger partial charge in [0.2, 0.25) is 23.5 Å². The molecule has 2 heterocycles. The van der Waals surface area contributed by atoms with Crippen LogP contribution >= 0.6 is 0 Å². The number of hydrogen-bond acceptors (Lipinski definition) is 7. The Hall–Kier alpha value is -3.22. The van der Waals surface area contributed by atoms with Crippen LogP contribution in [0.2, 0.25) is 0 Å². The van der Waals surface area contributed by atoms with Gasteiger partial charge in [0.1, 0.15) is 18.1 Å². The number of amides is 6. The topological polar surface area (TPSA) is 174 Å². The first-order chi connectivity index (χ1) is 24.3. The highest BCUT2D eigenvalue weighted by molar-refractivity contribution is 6.37. The Labute approximate surface area is 316 Å². The average molecular weight is 742 g/mol. The molecule has 2 aliphatic heterocycles. The summed E-state index contributed by atoms with van der Waals surface area (Å²) in [6.07, 6.45) is 6.78. The first-order valence-corrected chi connectivity index (χ1v) is 19.8. The molecular formula is C40H67N7O6. The Kier molecular flexibility index (Phi) is 10.7. The van der Waals surface area contributed by atoms with Crippen molar-refractivity contribution in [2.45, 2.75) is 150 Å². The SMILES string of the molecule is CN1CCN(C(=O)[C@@H](NC(=O)N[C@H](C(=O)N2C[C@]3(C[C@H]2C(=O)NC(CC2CCC2)C(=O)C(N)=O)C(C)(C)C32CCC2)C(C)(C)C)C(C)(C)C)C(C)(C)C1. The van der Waals surface area contributed by atoms with E-state index in [4.69, 9.17) is 5.73 Å². The largest absolute Gasteiger partial charge is 0.363 e. The van der Waals surface area contributed by atoms with Crippen LogP contribution in [0.15, 0.2) is 0 Å². The molecule has 13 nitrogen and oxygen atoms in total. The van der Waals surface area contributed by atoms with Crippen LogP contribution in [0.4, 0.5) is 4.79 Å². The van der Waals surface area contributed by atoms with Crippen molar-refractivity contribution >= 4 is 35.4 Å².